The quantitative estimate of drug-likeness (QED) is 0.573. The normalized spacial score (nSPS) is 21.0. The van der Waals surface area contributed by atoms with Gasteiger partial charge in [0.05, 0.1) is 0 Å². The molecule has 0 aliphatic carbocycles. The van der Waals surface area contributed by atoms with Crippen molar-refractivity contribution in [2.24, 2.45) is 0 Å². The summed E-state index contributed by atoms with van der Waals surface area (Å²) in [4.78, 5) is 0. The van der Waals surface area contributed by atoms with Crippen molar-refractivity contribution in [3.8, 4) is 0 Å². The van der Waals surface area contributed by atoms with Crippen molar-refractivity contribution in [2.45, 2.75) is 31.6 Å². The lowest BCUT2D eigenvalue weighted by atomic mass is 10.2. The standard InChI is InChI=1S/C5H6F6/c1-2(6)3(7)4(8)5(9,10)11/h2-4H,1H3. The molecule has 0 aromatic rings. The lowest BCUT2D eigenvalue weighted by Gasteiger charge is -2.16. The molecule has 0 aliphatic heterocycles. The minimum Gasteiger partial charge on any atom is -0.244 e. The average Bonchev–Trinajstić information content (AvgIpc) is 1.82. The first-order chi connectivity index (χ1) is 4.76. The Bertz CT molecular complexity index is 117. The Kier molecular flexibility index (Phi) is 3.19. The fourth-order valence-electron chi connectivity index (χ4n) is 0.413. The summed E-state index contributed by atoms with van der Waals surface area (Å²) in [6.07, 6.45) is -14.6. The zero-order valence-electron chi connectivity index (χ0n) is 5.50. The summed E-state index contributed by atoms with van der Waals surface area (Å²) in [6.45, 7) is 0.531. The first-order valence-corrected chi connectivity index (χ1v) is 2.75. The molecule has 68 valence electrons. The highest BCUT2D eigenvalue weighted by Gasteiger charge is 2.48. The molecule has 0 aromatic heterocycles. The van der Waals surface area contributed by atoms with Crippen LogP contribution in [0.2, 0.25) is 0 Å². The lowest BCUT2D eigenvalue weighted by Crippen LogP contribution is -2.37. The van der Waals surface area contributed by atoms with E-state index in [2.05, 4.69) is 0 Å². The van der Waals surface area contributed by atoms with Crippen LogP contribution in [-0.4, -0.2) is 24.7 Å². The van der Waals surface area contributed by atoms with Crippen LogP contribution in [0.1, 0.15) is 6.92 Å². The van der Waals surface area contributed by atoms with Crippen LogP contribution >= 0.6 is 0 Å². The molecule has 3 atom stereocenters. The molecule has 0 saturated heterocycles. The molecule has 0 aromatic carbocycles. The average molecular weight is 180 g/mol. The zero-order chi connectivity index (χ0) is 9.23. The molecule has 6 heteroatoms. The van der Waals surface area contributed by atoms with Gasteiger partial charge in [-0.3, -0.25) is 0 Å². The van der Waals surface area contributed by atoms with E-state index < -0.39 is 24.7 Å². The van der Waals surface area contributed by atoms with E-state index in [9.17, 15) is 26.3 Å². The Balaban J connectivity index is 4.13. The van der Waals surface area contributed by atoms with Crippen LogP contribution in [0.25, 0.3) is 0 Å². The molecule has 0 spiro atoms. The fraction of sp³-hybridized carbons (Fsp3) is 1.00. The van der Waals surface area contributed by atoms with Crippen LogP contribution in [0.15, 0.2) is 0 Å². The van der Waals surface area contributed by atoms with Crippen molar-refractivity contribution in [3.05, 3.63) is 0 Å². The topological polar surface area (TPSA) is 0 Å². The van der Waals surface area contributed by atoms with E-state index in [-0.39, 0.29) is 0 Å². The summed E-state index contributed by atoms with van der Waals surface area (Å²) in [5.74, 6) is 0. The highest BCUT2D eigenvalue weighted by molar-refractivity contribution is 4.79. The summed E-state index contributed by atoms with van der Waals surface area (Å²) in [7, 11) is 0. The second kappa shape index (κ2) is 3.32. The molecule has 0 rings (SSSR count). The van der Waals surface area contributed by atoms with Gasteiger partial charge in [-0.05, 0) is 6.92 Å². The van der Waals surface area contributed by atoms with Gasteiger partial charge < -0.3 is 0 Å². The second-order valence-corrected chi connectivity index (χ2v) is 2.07. The number of hydrogen-bond acceptors (Lipinski definition) is 0. The SMILES string of the molecule is CC(F)C(F)C(F)C(F)(F)F. The second-order valence-electron chi connectivity index (χ2n) is 2.07. The van der Waals surface area contributed by atoms with Crippen LogP contribution in [0.5, 0.6) is 0 Å². The maximum absolute atomic E-state index is 11.9. The third-order valence-corrected chi connectivity index (χ3v) is 1.03. The molecule has 0 bridgehead atoms. The van der Waals surface area contributed by atoms with Gasteiger partial charge in [-0.25, -0.2) is 13.2 Å². The Morgan fingerprint density at radius 2 is 1.36 bits per heavy atom. The predicted octanol–water partition coefficient (Wildman–Crippen LogP) is 2.58. The highest BCUT2D eigenvalue weighted by atomic mass is 19.4. The van der Waals surface area contributed by atoms with Crippen LogP contribution < -0.4 is 0 Å². The van der Waals surface area contributed by atoms with E-state index in [0.29, 0.717) is 6.92 Å². The minimum absolute atomic E-state index is 0.531. The van der Waals surface area contributed by atoms with Crippen molar-refractivity contribution in [3.63, 3.8) is 0 Å². The molecule has 0 radical (unpaired) electrons. The van der Waals surface area contributed by atoms with E-state index in [0.717, 1.165) is 0 Å². The Morgan fingerprint density at radius 1 is 1.00 bits per heavy atom. The van der Waals surface area contributed by atoms with Gasteiger partial charge in [-0.15, -0.1) is 0 Å². The van der Waals surface area contributed by atoms with Gasteiger partial charge in [0.15, 0.2) is 6.17 Å². The molecule has 3 unspecified atom stereocenters. The first-order valence-electron chi connectivity index (χ1n) is 2.75. The van der Waals surface area contributed by atoms with Crippen LogP contribution in [0.4, 0.5) is 26.3 Å². The van der Waals surface area contributed by atoms with Crippen LogP contribution in [0.3, 0.4) is 0 Å². The number of alkyl halides is 6. The molecule has 0 nitrogen and oxygen atoms in total. The third-order valence-electron chi connectivity index (χ3n) is 1.03. The van der Waals surface area contributed by atoms with Gasteiger partial charge in [0.2, 0.25) is 6.17 Å². The Labute approximate surface area is 59.2 Å². The fourth-order valence-corrected chi connectivity index (χ4v) is 0.413. The maximum atomic E-state index is 11.9. The minimum atomic E-state index is -5.32. The van der Waals surface area contributed by atoms with E-state index in [1.54, 1.807) is 0 Å². The van der Waals surface area contributed by atoms with Crippen molar-refractivity contribution in [1.29, 1.82) is 0 Å². The number of halogens is 6. The molecular formula is C5H6F6. The van der Waals surface area contributed by atoms with Gasteiger partial charge in [0.1, 0.15) is 6.17 Å². The van der Waals surface area contributed by atoms with Crippen LogP contribution in [-0.2, 0) is 0 Å². The molecule has 0 fully saturated rings. The third kappa shape index (κ3) is 2.98. The predicted molar refractivity (Wildman–Crippen MR) is 26.4 cm³/mol. The van der Waals surface area contributed by atoms with Gasteiger partial charge >= 0.3 is 6.18 Å². The Hall–Kier alpha value is -0.420. The molecule has 0 amide bonds. The van der Waals surface area contributed by atoms with Crippen molar-refractivity contribution in [1.82, 2.24) is 0 Å². The summed E-state index contributed by atoms with van der Waals surface area (Å²) in [6, 6.07) is 0. The van der Waals surface area contributed by atoms with Crippen molar-refractivity contribution in [2.75, 3.05) is 0 Å². The molecule has 0 heterocycles. The van der Waals surface area contributed by atoms with Crippen molar-refractivity contribution >= 4 is 0 Å². The zero-order valence-corrected chi connectivity index (χ0v) is 5.50. The lowest BCUT2D eigenvalue weighted by molar-refractivity contribution is -0.201. The van der Waals surface area contributed by atoms with E-state index >= 15 is 0 Å². The van der Waals surface area contributed by atoms with Gasteiger partial charge in [0, 0.05) is 0 Å². The van der Waals surface area contributed by atoms with Gasteiger partial charge in [-0.1, -0.05) is 0 Å². The summed E-state index contributed by atoms with van der Waals surface area (Å²) >= 11 is 0. The summed E-state index contributed by atoms with van der Waals surface area (Å²) in [5.41, 5.74) is 0. The summed E-state index contributed by atoms with van der Waals surface area (Å²) in [5, 5.41) is 0. The Morgan fingerprint density at radius 3 is 1.45 bits per heavy atom. The van der Waals surface area contributed by atoms with E-state index in [1.807, 2.05) is 0 Å². The van der Waals surface area contributed by atoms with E-state index in [4.69, 9.17) is 0 Å². The number of hydrogen-bond donors (Lipinski definition) is 0. The first kappa shape index (κ1) is 10.6. The van der Waals surface area contributed by atoms with E-state index in [1.165, 1.54) is 0 Å². The molecule has 11 heavy (non-hydrogen) atoms. The molecule has 0 aliphatic rings. The molecular weight excluding hydrogens is 174 g/mol. The largest absolute Gasteiger partial charge is 0.422 e. The monoisotopic (exact) mass is 180 g/mol. The highest BCUT2D eigenvalue weighted by Crippen LogP contribution is 2.28. The van der Waals surface area contributed by atoms with Crippen LogP contribution in [0, 0.1) is 0 Å². The number of rotatable bonds is 2. The maximum Gasteiger partial charge on any atom is 0.422 e. The summed E-state index contributed by atoms with van der Waals surface area (Å²) < 4.78 is 69.4. The van der Waals surface area contributed by atoms with Crippen molar-refractivity contribution < 1.29 is 26.3 Å². The molecule has 0 saturated carbocycles. The molecule has 0 N–H and O–H groups in total. The van der Waals surface area contributed by atoms with Gasteiger partial charge in [0.25, 0.3) is 0 Å². The van der Waals surface area contributed by atoms with Gasteiger partial charge in [-0.2, -0.15) is 13.2 Å². The smallest absolute Gasteiger partial charge is 0.244 e.